The van der Waals surface area contributed by atoms with Gasteiger partial charge in [0.15, 0.2) is 0 Å². The van der Waals surface area contributed by atoms with Gasteiger partial charge >= 0.3 is 11.9 Å². The van der Waals surface area contributed by atoms with E-state index in [1.54, 1.807) is 20.8 Å². The Kier molecular flexibility index (Phi) is 3.72. The SMILES string of the molecule is CC1(F)CC(OC(=O)CN)(C(=O)OC(C)(C)C)C1. The average Bonchev–Trinajstić information content (AvgIpc) is 2.11. The molecule has 0 aromatic rings. The topological polar surface area (TPSA) is 78.6 Å². The second-order valence-corrected chi connectivity index (χ2v) is 5.94. The second kappa shape index (κ2) is 4.50. The van der Waals surface area contributed by atoms with E-state index >= 15 is 0 Å². The first-order valence-corrected chi connectivity index (χ1v) is 5.84. The van der Waals surface area contributed by atoms with Gasteiger partial charge in [-0.25, -0.2) is 9.18 Å². The van der Waals surface area contributed by atoms with Gasteiger partial charge in [-0.05, 0) is 27.7 Å². The van der Waals surface area contributed by atoms with Gasteiger partial charge in [-0.2, -0.15) is 0 Å². The molecule has 18 heavy (non-hydrogen) atoms. The van der Waals surface area contributed by atoms with Crippen molar-refractivity contribution >= 4 is 11.9 Å². The van der Waals surface area contributed by atoms with E-state index in [0.29, 0.717) is 0 Å². The standard InChI is InChI=1S/C12H20FNO4/c1-10(2,3)18-9(16)12(17-8(15)5-14)6-11(4,13)7-12/h5-7,14H2,1-4H3. The van der Waals surface area contributed by atoms with Crippen LogP contribution < -0.4 is 5.73 Å². The monoisotopic (exact) mass is 261 g/mol. The summed E-state index contributed by atoms with van der Waals surface area (Å²) in [5.41, 5.74) is 1.37. The normalized spacial score (nSPS) is 31.4. The Morgan fingerprint density at radius 3 is 2.17 bits per heavy atom. The predicted octanol–water partition coefficient (Wildman–Crippen LogP) is 1.09. The van der Waals surface area contributed by atoms with Crippen molar-refractivity contribution in [2.75, 3.05) is 6.54 Å². The molecule has 0 aromatic carbocycles. The molecule has 0 amide bonds. The number of ether oxygens (including phenoxy) is 2. The van der Waals surface area contributed by atoms with E-state index in [0.717, 1.165) is 0 Å². The van der Waals surface area contributed by atoms with Crippen LogP contribution >= 0.6 is 0 Å². The molecule has 5 nitrogen and oxygen atoms in total. The summed E-state index contributed by atoms with van der Waals surface area (Å²) in [5.74, 6) is -1.46. The molecule has 0 saturated heterocycles. The zero-order valence-corrected chi connectivity index (χ0v) is 11.2. The number of alkyl halides is 1. The van der Waals surface area contributed by atoms with Crippen LogP contribution in [0.15, 0.2) is 0 Å². The fourth-order valence-electron chi connectivity index (χ4n) is 2.03. The minimum Gasteiger partial charge on any atom is -0.457 e. The highest BCUT2D eigenvalue weighted by Gasteiger charge is 2.62. The van der Waals surface area contributed by atoms with Gasteiger partial charge in [-0.15, -0.1) is 0 Å². The van der Waals surface area contributed by atoms with Crippen LogP contribution in [0, 0.1) is 0 Å². The summed E-state index contributed by atoms with van der Waals surface area (Å²) in [6, 6.07) is 0. The van der Waals surface area contributed by atoms with Crippen LogP contribution in [0.3, 0.4) is 0 Å². The lowest BCUT2D eigenvalue weighted by molar-refractivity contribution is -0.217. The number of rotatable bonds is 3. The molecule has 0 heterocycles. The largest absolute Gasteiger partial charge is 0.457 e. The number of esters is 2. The van der Waals surface area contributed by atoms with Crippen LogP contribution in [0.25, 0.3) is 0 Å². The van der Waals surface area contributed by atoms with Crippen molar-refractivity contribution in [1.82, 2.24) is 0 Å². The molecule has 1 saturated carbocycles. The molecule has 0 radical (unpaired) electrons. The highest BCUT2D eigenvalue weighted by atomic mass is 19.1. The first-order valence-electron chi connectivity index (χ1n) is 5.84. The Morgan fingerprint density at radius 1 is 1.33 bits per heavy atom. The number of hydrogen-bond donors (Lipinski definition) is 1. The third-order valence-electron chi connectivity index (χ3n) is 2.56. The van der Waals surface area contributed by atoms with Gasteiger partial charge in [-0.1, -0.05) is 0 Å². The van der Waals surface area contributed by atoms with Gasteiger partial charge in [0.05, 0.1) is 6.54 Å². The van der Waals surface area contributed by atoms with E-state index in [1.807, 2.05) is 0 Å². The minimum absolute atomic E-state index is 0.194. The van der Waals surface area contributed by atoms with Crippen molar-refractivity contribution < 1.29 is 23.5 Å². The van der Waals surface area contributed by atoms with Gasteiger partial charge < -0.3 is 15.2 Å². The van der Waals surface area contributed by atoms with E-state index in [-0.39, 0.29) is 19.4 Å². The maximum absolute atomic E-state index is 13.6. The lowest BCUT2D eigenvalue weighted by Gasteiger charge is -2.47. The summed E-state index contributed by atoms with van der Waals surface area (Å²) in [4.78, 5) is 23.2. The van der Waals surface area contributed by atoms with Crippen molar-refractivity contribution in [2.24, 2.45) is 5.73 Å². The van der Waals surface area contributed by atoms with Gasteiger partial charge in [-0.3, -0.25) is 4.79 Å². The van der Waals surface area contributed by atoms with Crippen molar-refractivity contribution in [1.29, 1.82) is 0 Å². The first-order chi connectivity index (χ1) is 8.00. The van der Waals surface area contributed by atoms with Crippen molar-refractivity contribution in [3.05, 3.63) is 0 Å². The molecule has 1 rings (SSSR count). The highest BCUT2D eigenvalue weighted by Crippen LogP contribution is 2.47. The fraction of sp³-hybridized carbons (Fsp3) is 0.833. The van der Waals surface area contributed by atoms with E-state index in [1.165, 1.54) is 6.92 Å². The molecule has 6 heteroatoms. The molecule has 1 fully saturated rings. The summed E-state index contributed by atoms with van der Waals surface area (Å²) < 4.78 is 23.8. The zero-order chi connectivity index (χ0) is 14.2. The number of carbonyl (C=O) groups excluding carboxylic acids is 2. The smallest absolute Gasteiger partial charge is 0.351 e. The third-order valence-corrected chi connectivity index (χ3v) is 2.56. The van der Waals surface area contributed by atoms with E-state index in [9.17, 15) is 14.0 Å². The van der Waals surface area contributed by atoms with Crippen LogP contribution in [0.5, 0.6) is 0 Å². The summed E-state index contributed by atoms with van der Waals surface area (Å²) in [6.45, 7) is 6.07. The zero-order valence-electron chi connectivity index (χ0n) is 11.2. The van der Waals surface area contributed by atoms with Gasteiger partial charge in [0.1, 0.15) is 11.3 Å². The summed E-state index contributed by atoms with van der Waals surface area (Å²) in [6.07, 6.45) is -0.388. The number of carbonyl (C=O) groups is 2. The summed E-state index contributed by atoms with van der Waals surface area (Å²) in [5, 5.41) is 0. The number of nitrogens with two attached hydrogens (primary N) is 1. The highest BCUT2D eigenvalue weighted by molar-refractivity contribution is 5.85. The molecule has 1 aliphatic rings. The molecule has 0 atom stereocenters. The maximum Gasteiger partial charge on any atom is 0.351 e. The molecule has 104 valence electrons. The van der Waals surface area contributed by atoms with Crippen molar-refractivity contribution in [2.45, 2.75) is 57.4 Å². The van der Waals surface area contributed by atoms with Crippen LogP contribution in [0.1, 0.15) is 40.5 Å². The van der Waals surface area contributed by atoms with Crippen molar-refractivity contribution in [3.8, 4) is 0 Å². The van der Waals surface area contributed by atoms with Crippen LogP contribution in [0.4, 0.5) is 4.39 Å². The molecule has 0 bridgehead atoms. The number of halogens is 1. The quantitative estimate of drug-likeness (QED) is 0.769. The molecular weight excluding hydrogens is 241 g/mol. The van der Waals surface area contributed by atoms with E-state index in [4.69, 9.17) is 15.2 Å². The molecular formula is C12H20FNO4. The third kappa shape index (κ3) is 3.41. The fourth-order valence-corrected chi connectivity index (χ4v) is 2.03. The van der Waals surface area contributed by atoms with Crippen LogP contribution in [-0.2, 0) is 19.1 Å². The number of hydrogen-bond acceptors (Lipinski definition) is 5. The average molecular weight is 261 g/mol. The predicted molar refractivity (Wildman–Crippen MR) is 62.5 cm³/mol. The summed E-state index contributed by atoms with van der Waals surface area (Å²) in [7, 11) is 0. The Bertz CT molecular complexity index is 352. The molecule has 1 aliphatic carbocycles. The molecule has 2 N–H and O–H groups in total. The first kappa shape index (κ1) is 14.9. The molecule has 0 aliphatic heterocycles. The van der Waals surface area contributed by atoms with Gasteiger partial charge in [0.2, 0.25) is 5.60 Å². The molecule has 0 aromatic heterocycles. The Morgan fingerprint density at radius 2 is 1.83 bits per heavy atom. The van der Waals surface area contributed by atoms with E-state index < -0.39 is 28.8 Å². The Labute approximate surface area is 106 Å². The Balaban J connectivity index is 2.80. The maximum atomic E-state index is 13.6. The lowest BCUT2D eigenvalue weighted by atomic mass is 9.69. The minimum atomic E-state index is -1.52. The van der Waals surface area contributed by atoms with E-state index in [2.05, 4.69) is 0 Å². The molecule has 0 spiro atoms. The summed E-state index contributed by atoms with van der Waals surface area (Å²) >= 11 is 0. The van der Waals surface area contributed by atoms with Crippen molar-refractivity contribution in [3.63, 3.8) is 0 Å². The second-order valence-electron chi connectivity index (χ2n) is 5.94. The lowest BCUT2D eigenvalue weighted by Crippen LogP contribution is -2.61. The van der Waals surface area contributed by atoms with Crippen LogP contribution in [-0.4, -0.2) is 35.4 Å². The van der Waals surface area contributed by atoms with Gasteiger partial charge in [0.25, 0.3) is 0 Å². The van der Waals surface area contributed by atoms with Gasteiger partial charge in [0, 0.05) is 12.8 Å². The van der Waals surface area contributed by atoms with Crippen LogP contribution in [0.2, 0.25) is 0 Å². The Hall–Kier alpha value is -1.17. The molecule has 0 unspecified atom stereocenters.